The highest BCUT2D eigenvalue weighted by Crippen LogP contribution is 2.45. The molecule has 11 aromatic carbocycles. The second-order valence-electron chi connectivity index (χ2n) is 32.3. The Bertz CT molecular complexity index is 5820. The van der Waals surface area contributed by atoms with Crippen molar-refractivity contribution in [3.05, 3.63) is 318 Å². The van der Waals surface area contributed by atoms with E-state index in [9.17, 15) is 37.5 Å². The number of benzene rings is 11. The third kappa shape index (κ3) is 23.7. The Morgan fingerprint density at radius 1 is 0.341 bits per heavy atom. The maximum absolute atomic E-state index is 13.8. The topological polar surface area (TPSA) is 245 Å². The van der Waals surface area contributed by atoms with Crippen molar-refractivity contribution < 1.29 is 104 Å². The number of hydrogen-bond donors (Lipinski definition) is 0. The summed E-state index contributed by atoms with van der Waals surface area (Å²) in [4.78, 5) is 84.5. The van der Waals surface area contributed by atoms with Crippen molar-refractivity contribution in [1.29, 1.82) is 0 Å². The van der Waals surface area contributed by atoms with Crippen LogP contribution in [0.3, 0.4) is 0 Å². The second-order valence-corrected chi connectivity index (χ2v) is 33.2. The first-order valence-electron chi connectivity index (χ1n) is 43.4. The monoisotopic (exact) mass is 1860 g/mol. The molecule has 0 aliphatic carbocycles. The van der Waals surface area contributed by atoms with Gasteiger partial charge in [0, 0.05) is 52.8 Å². The molecule has 4 aliphatic heterocycles. The number of esters is 2. The quantitative estimate of drug-likeness (QED) is 0.0434. The van der Waals surface area contributed by atoms with Gasteiger partial charge in [0.15, 0.2) is 46.0 Å². The second kappa shape index (κ2) is 45.6. The summed E-state index contributed by atoms with van der Waals surface area (Å²) < 4.78 is 106. The molecule has 132 heavy (non-hydrogen) atoms. The molecule has 11 aromatic rings. The van der Waals surface area contributed by atoms with E-state index in [-0.39, 0.29) is 78.9 Å². The normalized spacial score (nSPS) is 15.1. The lowest BCUT2D eigenvalue weighted by Gasteiger charge is -2.40. The van der Waals surface area contributed by atoms with E-state index in [2.05, 4.69) is 35.0 Å². The van der Waals surface area contributed by atoms with Gasteiger partial charge in [0.25, 0.3) is 17.7 Å². The molecule has 24 nitrogen and oxygen atoms in total. The molecule has 0 radical (unpaired) electrons. The molecule has 4 unspecified atom stereocenters. The lowest BCUT2D eigenvalue weighted by molar-refractivity contribution is -0.143. The van der Waals surface area contributed by atoms with E-state index in [1.54, 1.807) is 129 Å². The fourth-order valence-corrected chi connectivity index (χ4v) is 16.7. The number of fused-ring (bicyclic) bond motifs is 4. The van der Waals surface area contributed by atoms with Gasteiger partial charge >= 0.3 is 11.9 Å². The number of carbonyl (C=O) groups is 6. The van der Waals surface area contributed by atoms with Crippen molar-refractivity contribution in [2.45, 2.75) is 90.9 Å². The van der Waals surface area contributed by atoms with Gasteiger partial charge in [-0.05, 0) is 271 Å². The summed E-state index contributed by atoms with van der Waals surface area (Å²) in [6.07, 6.45) is 3.74. The van der Waals surface area contributed by atoms with E-state index < -0.39 is 23.2 Å². The third-order valence-electron chi connectivity index (χ3n) is 23.3. The van der Waals surface area contributed by atoms with Crippen molar-refractivity contribution in [3.8, 4) is 69.0 Å². The zero-order chi connectivity index (χ0) is 94.3. The van der Waals surface area contributed by atoms with E-state index >= 15 is 0 Å². The van der Waals surface area contributed by atoms with Crippen LogP contribution in [0.2, 0.25) is 0 Å². The molecule has 0 spiro atoms. The Kier molecular flexibility index (Phi) is 33.6. The molecule has 0 saturated carbocycles. The highest BCUT2D eigenvalue weighted by atomic mass is 79.9. The number of halogens is 3. The van der Waals surface area contributed by atoms with Crippen molar-refractivity contribution in [2.75, 3.05) is 123 Å². The Hall–Kier alpha value is -13.8. The van der Waals surface area contributed by atoms with Crippen LogP contribution in [0, 0.1) is 17.0 Å². The highest BCUT2D eigenvalue weighted by Gasteiger charge is 2.40. The summed E-state index contributed by atoms with van der Waals surface area (Å²) in [5.41, 5.74) is 11.4. The van der Waals surface area contributed by atoms with Gasteiger partial charge in [0.2, 0.25) is 5.91 Å². The summed E-state index contributed by atoms with van der Waals surface area (Å²) in [5, 5.41) is 0. The third-order valence-corrected chi connectivity index (χ3v) is 23.8. The van der Waals surface area contributed by atoms with Crippen molar-refractivity contribution in [3.63, 3.8) is 0 Å². The molecule has 4 amide bonds. The molecule has 4 heterocycles. The molecule has 15 rings (SSSR count). The van der Waals surface area contributed by atoms with E-state index in [1.165, 1.54) is 55.1 Å². The predicted octanol–water partition coefficient (Wildman–Crippen LogP) is 19.4. The molecule has 4 aliphatic rings. The smallest absolute Gasteiger partial charge is 0.338 e. The molecular formula is C105H111BrF2N4O20. The first-order valence-corrected chi connectivity index (χ1v) is 44.2. The molecule has 27 heteroatoms. The molecule has 0 aromatic heterocycles. The molecule has 0 N–H and O–H groups in total. The van der Waals surface area contributed by atoms with Crippen LogP contribution in [0.4, 0.5) is 8.78 Å². The summed E-state index contributed by atoms with van der Waals surface area (Å²) >= 11 is 3.45. The fourth-order valence-electron chi connectivity index (χ4n) is 16.3. The van der Waals surface area contributed by atoms with Crippen LogP contribution in [0.25, 0.3) is 0 Å². The number of hydrogen-bond acceptors (Lipinski definition) is 20. The largest absolute Gasteiger partial charge is 0.493 e. The summed E-state index contributed by atoms with van der Waals surface area (Å²) in [6.45, 7) is 13.1. The van der Waals surface area contributed by atoms with Crippen molar-refractivity contribution in [1.82, 2.24) is 19.6 Å². The first kappa shape index (κ1) is 97.2. The van der Waals surface area contributed by atoms with Gasteiger partial charge < -0.3 is 85.9 Å². The average Bonchev–Trinajstić information content (AvgIpc) is 0.753. The standard InChI is InChI=1S/C27H26BrNO6.C27H29NO4.C26H33NO6.C25H23F2NO4/c1-32-24-14-18-11-12-29(26(30)19-5-4-6-20(28)13-19)23(22(18)15-25(24)33-2)16-35-21-9-7-17(8-10-21)27(31)34-3;1-4-19-10-12-22(13-11-19)32-18-24-23-17-26(31-3)25(30-2)16-21(23)14-15-28(24)27(29)20-8-6-5-7-9-20;1-7-32-24(28)17-8-10-19(11-9-17)33-16-21-20-15-23(31-6)22(30-5)14-18(20)12-13-27(21)25(29)26(2,3)4;1-30-23-13-16-10-11-28(25(29)17-4-3-5-19(27)12-17)22(21(16)14-24(23)31-2)15-32-20-8-6-18(26)7-9-20/h4-10,13-15,23H,11-12,16H2,1-3H3;5-13,16-17,24H,4,14-15,18H2,1-3H3;8-11,14-15,21H,7,12-13,16H2,1-6H3;3-9,12-14,22H,10-11,15H2,1-2H3. The highest BCUT2D eigenvalue weighted by molar-refractivity contribution is 9.10. The molecule has 0 saturated heterocycles. The molecule has 0 bridgehead atoms. The Morgan fingerprint density at radius 2 is 0.659 bits per heavy atom. The zero-order valence-electron chi connectivity index (χ0n) is 76.7. The lowest BCUT2D eigenvalue weighted by atomic mass is 9.88. The molecule has 0 fully saturated rings. The SMILES string of the molecule is CCOC(=O)c1ccc(OCC2c3cc(OC)c(OC)cc3CCN2C(=O)C(C)(C)C)cc1.CCc1ccc(OCC2c3cc(OC)c(OC)cc3CCN2C(=O)c2ccccc2)cc1.COC(=O)c1ccc(OCC2c3cc(OC)c(OC)cc3CCN2C(=O)c2cccc(Br)c2)cc1.COc1cc2c(cc1OC)C(COc1ccc(F)cc1)N(C(=O)c1cccc(F)c1)CC2. The zero-order valence-corrected chi connectivity index (χ0v) is 78.2. The van der Waals surface area contributed by atoms with Crippen LogP contribution >= 0.6 is 15.9 Å². The summed E-state index contributed by atoms with van der Waals surface area (Å²) in [7, 11) is 14.1. The summed E-state index contributed by atoms with van der Waals surface area (Å²) in [5.74, 6) is 5.57. The van der Waals surface area contributed by atoms with E-state index in [0.29, 0.717) is 138 Å². The minimum atomic E-state index is -0.520. The number of nitrogens with zero attached hydrogens (tertiary/aromatic N) is 4. The van der Waals surface area contributed by atoms with Crippen LogP contribution in [0.1, 0.15) is 161 Å². The summed E-state index contributed by atoms with van der Waals surface area (Å²) in [6, 6.07) is 64.0. The molecule has 692 valence electrons. The number of ether oxygens (including phenoxy) is 14. The predicted molar refractivity (Wildman–Crippen MR) is 500 cm³/mol. The van der Waals surface area contributed by atoms with Gasteiger partial charge in [-0.15, -0.1) is 0 Å². The number of amides is 4. The average molecular weight is 1870 g/mol. The van der Waals surface area contributed by atoms with E-state index in [1.807, 2.05) is 145 Å². The number of rotatable bonds is 27. The number of aryl methyl sites for hydroxylation is 1. The van der Waals surface area contributed by atoms with Gasteiger partial charge in [0.05, 0.1) is 106 Å². The van der Waals surface area contributed by atoms with Crippen LogP contribution in [0.5, 0.6) is 69.0 Å². The maximum Gasteiger partial charge on any atom is 0.338 e. The van der Waals surface area contributed by atoms with Crippen LogP contribution in [-0.2, 0) is 46.4 Å². The maximum atomic E-state index is 13.8. The van der Waals surface area contributed by atoms with Gasteiger partial charge in [-0.1, -0.05) is 86.1 Å². The Labute approximate surface area is 777 Å². The minimum absolute atomic E-state index is 0.000894. The van der Waals surface area contributed by atoms with Crippen LogP contribution in [0.15, 0.2) is 229 Å². The van der Waals surface area contributed by atoms with Crippen LogP contribution in [-0.4, -0.2) is 178 Å². The van der Waals surface area contributed by atoms with Crippen LogP contribution < -0.4 is 56.8 Å². The van der Waals surface area contributed by atoms with E-state index in [4.69, 9.17) is 66.3 Å². The Balaban J connectivity index is 0.000000159. The van der Waals surface area contributed by atoms with E-state index in [0.717, 1.165) is 74.0 Å². The van der Waals surface area contributed by atoms with Gasteiger partial charge in [0.1, 0.15) is 61.1 Å². The number of carbonyl (C=O) groups excluding carboxylic acids is 6. The molecule has 4 atom stereocenters. The van der Waals surface area contributed by atoms with Crippen molar-refractivity contribution >= 4 is 51.5 Å². The first-order chi connectivity index (χ1) is 63.8. The molecular weight excluding hydrogens is 1760 g/mol. The van der Waals surface area contributed by atoms with Gasteiger partial charge in [-0.2, -0.15) is 0 Å². The Morgan fingerprint density at radius 3 is 1.00 bits per heavy atom. The van der Waals surface area contributed by atoms with Crippen molar-refractivity contribution in [2.24, 2.45) is 5.41 Å². The lowest BCUT2D eigenvalue weighted by Crippen LogP contribution is -2.47. The number of methoxy groups -OCH3 is 9. The van der Waals surface area contributed by atoms with Gasteiger partial charge in [-0.25, -0.2) is 18.4 Å². The fraction of sp³-hybridized carbons (Fsp3) is 0.314. The van der Waals surface area contributed by atoms with Gasteiger partial charge in [-0.3, -0.25) is 19.2 Å². The minimum Gasteiger partial charge on any atom is -0.493 e.